The van der Waals surface area contributed by atoms with E-state index in [1.807, 2.05) is 18.2 Å². The smallest absolute Gasteiger partial charge is 0.0514 e. The number of hydrogen-bond donors (Lipinski definition) is 1. The Bertz CT molecular complexity index is 296. The Balaban J connectivity index is 2.78. The van der Waals surface area contributed by atoms with E-state index in [-0.39, 0.29) is 6.04 Å². The van der Waals surface area contributed by atoms with Crippen LogP contribution in [0, 0.1) is 0 Å². The van der Waals surface area contributed by atoms with Gasteiger partial charge in [-0.1, -0.05) is 47.1 Å². The van der Waals surface area contributed by atoms with Crippen molar-refractivity contribution in [3.05, 3.63) is 47.0 Å². The van der Waals surface area contributed by atoms with E-state index >= 15 is 0 Å². The molecule has 1 N–H and O–H groups in total. The zero-order valence-electron chi connectivity index (χ0n) is 8.46. The topological polar surface area (TPSA) is 12.0 Å². The molecule has 0 saturated heterocycles. The summed E-state index contributed by atoms with van der Waals surface area (Å²) >= 11 is 3.54. The SMILES string of the molecule is C=CC(NCCC)c1ccccc1Br. The summed E-state index contributed by atoms with van der Waals surface area (Å²) in [6.45, 7) is 7.02. The van der Waals surface area contributed by atoms with Crippen LogP contribution >= 0.6 is 15.9 Å². The summed E-state index contributed by atoms with van der Waals surface area (Å²) in [4.78, 5) is 0. The molecule has 2 heteroatoms. The molecule has 1 aromatic carbocycles. The summed E-state index contributed by atoms with van der Waals surface area (Å²) in [5.41, 5.74) is 1.25. The Labute approximate surface area is 94.3 Å². The first-order valence-corrected chi connectivity index (χ1v) is 5.69. The zero-order chi connectivity index (χ0) is 10.4. The number of halogens is 1. The van der Waals surface area contributed by atoms with Crippen LogP contribution in [0.5, 0.6) is 0 Å². The third-order valence-electron chi connectivity index (χ3n) is 2.09. The molecule has 0 aliphatic rings. The van der Waals surface area contributed by atoms with Gasteiger partial charge in [-0.3, -0.25) is 0 Å². The second-order valence-corrected chi connectivity index (χ2v) is 4.04. The third kappa shape index (κ3) is 2.96. The van der Waals surface area contributed by atoms with Crippen LogP contribution in [-0.4, -0.2) is 6.54 Å². The van der Waals surface area contributed by atoms with Gasteiger partial charge in [-0.05, 0) is 24.6 Å². The van der Waals surface area contributed by atoms with Crippen molar-refractivity contribution < 1.29 is 0 Å². The van der Waals surface area contributed by atoms with Crippen molar-refractivity contribution in [3.8, 4) is 0 Å². The normalized spacial score (nSPS) is 12.4. The van der Waals surface area contributed by atoms with E-state index in [4.69, 9.17) is 0 Å². The molecular weight excluding hydrogens is 238 g/mol. The van der Waals surface area contributed by atoms with E-state index in [0.29, 0.717) is 0 Å². The van der Waals surface area contributed by atoms with Crippen molar-refractivity contribution in [1.29, 1.82) is 0 Å². The maximum atomic E-state index is 3.85. The average Bonchev–Trinajstić information content (AvgIpc) is 2.21. The van der Waals surface area contributed by atoms with E-state index in [9.17, 15) is 0 Å². The average molecular weight is 254 g/mol. The van der Waals surface area contributed by atoms with Crippen LogP contribution in [-0.2, 0) is 0 Å². The van der Waals surface area contributed by atoms with Crippen molar-refractivity contribution >= 4 is 15.9 Å². The van der Waals surface area contributed by atoms with Crippen LogP contribution in [0.4, 0.5) is 0 Å². The Kier molecular flexibility index (Phi) is 4.91. The van der Waals surface area contributed by atoms with Crippen molar-refractivity contribution in [3.63, 3.8) is 0 Å². The molecule has 0 aliphatic heterocycles. The second kappa shape index (κ2) is 5.99. The fourth-order valence-corrected chi connectivity index (χ4v) is 1.88. The molecule has 0 amide bonds. The number of benzene rings is 1. The lowest BCUT2D eigenvalue weighted by molar-refractivity contribution is 0.612. The van der Waals surface area contributed by atoms with Crippen LogP contribution in [0.2, 0.25) is 0 Å². The fourth-order valence-electron chi connectivity index (χ4n) is 1.35. The van der Waals surface area contributed by atoms with Gasteiger partial charge in [-0.2, -0.15) is 0 Å². The molecule has 0 aromatic heterocycles. The highest BCUT2D eigenvalue weighted by atomic mass is 79.9. The molecule has 1 unspecified atom stereocenters. The minimum absolute atomic E-state index is 0.241. The summed E-state index contributed by atoms with van der Waals surface area (Å²) in [6.07, 6.45) is 3.07. The first kappa shape index (κ1) is 11.5. The quantitative estimate of drug-likeness (QED) is 0.790. The van der Waals surface area contributed by atoms with E-state index < -0.39 is 0 Å². The number of hydrogen-bond acceptors (Lipinski definition) is 1. The minimum atomic E-state index is 0.241. The number of nitrogens with one attached hydrogen (secondary N) is 1. The van der Waals surface area contributed by atoms with Gasteiger partial charge in [0.2, 0.25) is 0 Å². The van der Waals surface area contributed by atoms with Gasteiger partial charge >= 0.3 is 0 Å². The summed E-state index contributed by atoms with van der Waals surface area (Å²) < 4.78 is 1.13. The van der Waals surface area contributed by atoms with Crippen molar-refractivity contribution in [2.75, 3.05) is 6.54 Å². The molecule has 1 atom stereocenters. The molecule has 0 bridgehead atoms. The molecule has 0 heterocycles. The Hall–Kier alpha value is -0.600. The summed E-state index contributed by atoms with van der Waals surface area (Å²) in [5.74, 6) is 0. The summed E-state index contributed by atoms with van der Waals surface area (Å²) in [6, 6.07) is 8.47. The lowest BCUT2D eigenvalue weighted by atomic mass is 10.1. The molecule has 0 radical (unpaired) electrons. The predicted molar refractivity (Wildman–Crippen MR) is 65.4 cm³/mol. The maximum Gasteiger partial charge on any atom is 0.0514 e. The zero-order valence-corrected chi connectivity index (χ0v) is 10.0. The van der Waals surface area contributed by atoms with Crippen molar-refractivity contribution in [2.45, 2.75) is 19.4 Å². The fraction of sp³-hybridized carbons (Fsp3) is 0.333. The molecule has 0 saturated carbocycles. The van der Waals surface area contributed by atoms with Gasteiger partial charge in [0.05, 0.1) is 6.04 Å². The molecule has 1 rings (SSSR count). The summed E-state index contributed by atoms with van der Waals surface area (Å²) in [5, 5.41) is 3.43. The molecule has 0 aliphatic carbocycles. The van der Waals surface area contributed by atoms with Crippen molar-refractivity contribution in [1.82, 2.24) is 5.32 Å². The van der Waals surface area contributed by atoms with Gasteiger partial charge in [0.25, 0.3) is 0 Å². The highest BCUT2D eigenvalue weighted by Gasteiger charge is 2.08. The van der Waals surface area contributed by atoms with Crippen molar-refractivity contribution in [2.24, 2.45) is 0 Å². The molecule has 76 valence electrons. The molecule has 1 aromatic rings. The maximum absolute atomic E-state index is 3.85. The van der Waals surface area contributed by atoms with Gasteiger partial charge in [0.1, 0.15) is 0 Å². The van der Waals surface area contributed by atoms with Crippen LogP contribution in [0.15, 0.2) is 41.4 Å². The second-order valence-electron chi connectivity index (χ2n) is 3.19. The monoisotopic (exact) mass is 253 g/mol. The van der Waals surface area contributed by atoms with Gasteiger partial charge in [-0.25, -0.2) is 0 Å². The Morgan fingerprint density at radius 3 is 2.79 bits per heavy atom. The van der Waals surface area contributed by atoms with E-state index in [0.717, 1.165) is 17.4 Å². The standard InChI is InChI=1S/C12H16BrN/c1-3-9-14-12(4-2)10-7-5-6-8-11(10)13/h4-8,12,14H,2-3,9H2,1H3. The first-order chi connectivity index (χ1) is 6.79. The lowest BCUT2D eigenvalue weighted by Gasteiger charge is -2.15. The minimum Gasteiger partial charge on any atom is -0.307 e. The van der Waals surface area contributed by atoms with E-state index in [1.54, 1.807) is 0 Å². The van der Waals surface area contributed by atoms with E-state index in [1.165, 1.54) is 5.56 Å². The van der Waals surface area contributed by atoms with Crippen LogP contribution in [0.3, 0.4) is 0 Å². The molecule has 0 spiro atoms. The lowest BCUT2D eigenvalue weighted by Crippen LogP contribution is -2.20. The van der Waals surface area contributed by atoms with Gasteiger partial charge < -0.3 is 5.32 Å². The highest BCUT2D eigenvalue weighted by molar-refractivity contribution is 9.10. The van der Waals surface area contributed by atoms with Crippen LogP contribution in [0.1, 0.15) is 24.9 Å². The van der Waals surface area contributed by atoms with Crippen LogP contribution < -0.4 is 5.32 Å². The molecule has 14 heavy (non-hydrogen) atoms. The van der Waals surface area contributed by atoms with Crippen LogP contribution in [0.25, 0.3) is 0 Å². The predicted octanol–water partition coefficient (Wildman–Crippen LogP) is 3.68. The number of rotatable bonds is 5. The Morgan fingerprint density at radius 2 is 2.21 bits per heavy atom. The molecular formula is C12H16BrN. The largest absolute Gasteiger partial charge is 0.307 e. The molecule has 0 fully saturated rings. The summed E-state index contributed by atoms with van der Waals surface area (Å²) in [7, 11) is 0. The van der Waals surface area contributed by atoms with Gasteiger partial charge in [0, 0.05) is 4.47 Å². The Morgan fingerprint density at radius 1 is 1.50 bits per heavy atom. The van der Waals surface area contributed by atoms with Gasteiger partial charge in [-0.15, -0.1) is 6.58 Å². The molecule has 1 nitrogen and oxygen atoms in total. The van der Waals surface area contributed by atoms with Gasteiger partial charge in [0.15, 0.2) is 0 Å². The highest BCUT2D eigenvalue weighted by Crippen LogP contribution is 2.23. The first-order valence-electron chi connectivity index (χ1n) is 4.90. The van der Waals surface area contributed by atoms with E-state index in [2.05, 4.69) is 46.9 Å². The third-order valence-corrected chi connectivity index (χ3v) is 2.81.